The Balaban J connectivity index is 0.00000385. The van der Waals surface area contributed by atoms with Gasteiger partial charge in [-0.15, -0.1) is 0 Å². The van der Waals surface area contributed by atoms with Gasteiger partial charge in [-0.3, -0.25) is 5.04 Å². The van der Waals surface area contributed by atoms with E-state index in [0.29, 0.717) is 35.8 Å². The third kappa shape index (κ3) is 8.45. The molecule has 0 amide bonds. The normalized spacial score (nSPS) is 14.7. The number of benzene rings is 2. The standard InChI is InChI=1S/C19H23NO9S3.3Na/c1-12-19(2,3)18-15-10-13(32(25,26)27)11-17(30-29-28-21)14(15)6-7-16(18)20(12)8-4-5-9-31(22,23)24;;;/h6-7,10-11H,4-5,8-9H2,1-3H3,(H2-,21,22,23,24,25,26,27);;;/q;3*+1/p-2. The maximum absolute atomic E-state index is 11.8. The van der Waals surface area contributed by atoms with Crippen LogP contribution < -0.4 is 93.9 Å². The van der Waals surface area contributed by atoms with Gasteiger partial charge in [-0.2, -0.15) is 8.91 Å². The quantitative estimate of drug-likeness (QED) is 0.0538. The van der Waals surface area contributed by atoms with Crippen LogP contribution in [-0.4, -0.2) is 48.5 Å². The largest absolute Gasteiger partial charge is 1.00 e. The third-order valence-electron chi connectivity index (χ3n) is 5.74. The van der Waals surface area contributed by atoms with Gasteiger partial charge in [0, 0.05) is 35.6 Å². The minimum absolute atomic E-state index is 0. The van der Waals surface area contributed by atoms with Crippen LogP contribution in [0.15, 0.2) is 34.1 Å². The molecule has 0 bridgehead atoms. The number of nitrogens with zero attached hydrogens (tertiary/aromatic N) is 1. The van der Waals surface area contributed by atoms with Crippen LogP contribution in [0.4, 0.5) is 5.69 Å². The molecule has 176 valence electrons. The van der Waals surface area contributed by atoms with Gasteiger partial charge in [0.25, 0.3) is 0 Å². The predicted octanol–water partition coefficient (Wildman–Crippen LogP) is -7.29. The van der Waals surface area contributed by atoms with Crippen molar-refractivity contribution in [3.63, 3.8) is 0 Å². The maximum atomic E-state index is 11.8. The molecule has 2 aromatic carbocycles. The molecule has 1 aliphatic heterocycles. The van der Waals surface area contributed by atoms with E-state index in [2.05, 4.69) is 9.37 Å². The van der Waals surface area contributed by atoms with Gasteiger partial charge in [-0.05, 0) is 49.2 Å². The molecule has 3 rings (SSSR count). The Morgan fingerprint density at radius 3 is 2.17 bits per heavy atom. The third-order valence-corrected chi connectivity index (χ3v) is 7.98. The van der Waals surface area contributed by atoms with E-state index < -0.39 is 36.3 Å². The Bertz CT molecular complexity index is 1310. The van der Waals surface area contributed by atoms with Crippen LogP contribution in [-0.2, 0) is 35.0 Å². The number of hydrogen-bond donors (Lipinski definition) is 0. The van der Waals surface area contributed by atoms with E-state index >= 15 is 0 Å². The van der Waals surface area contributed by atoms with Crippen molar-refractivity contribution >= 4 is 54.5 Å². The Morgan fingerprint density at radius 1 is 1.00 bits per heavy atom. The van der Waals surface area contributed by atoms with Crippen LogP contribution in [0.25, 0.3) is 10.8 Å². The minimum atomic E-state index is -4.80. The first kappa shape index (κ1) is 36.4. The molecule has 35 heavy (non-hydrogen) atoms. The molecule has 0 saturated carbocycles. The fourth-order valence-electron chi connectivity index (χ4n) is 4.05. The molecule has 0 atom stereocenters. The summed E-state index contributed by atoms with van der Waals surface area (Å²) in [5, 5.41) is 14.7. The summed E-state index contributed by atoms with van der Waals surface area (Å²) in [6.45, 7) is 6.27. The predicted molar refractivity (Wildman–Crippen MR) is 112 cm³/mol. The van der Waals surface area contributed by atoms with E-state index in [-0.39, 0.29) is 100.0 Å². The van der Waals surface area contributed by atoms with E-state index in [4.69, 9.17) is 0 Å². The SMILES string of the molecule is CC1=[N+](CCCCS(=O)(=O)[O-])c2ccc3c(SOO[O-])cc(S(=O)(=O)[O-])cc3c2C1(C)C.[Na+].[Na+].[Na+]. The van der Waals surface area contributed by atoms with Gasteiger partial charge in [0.15, 0.2) is 5.71 Å². The average molecular weight is 573 g/mol. The van der Waals surface area contributed by atoms with Crippen LogP contribution in [0.2, 0.25) is 0 Å². The monoisotopic (exact) mass is 572 g/mol. The van der Waals surface area contributed by atoms with Crippen LogP contribution >= 0.6 is 12.0 Å². The van der Waals surface area contributed by atoms with Crippen LogP contribution in [0, 0.1) is 0 Å². The van der Waals surface area contributed by atoms with Gasteiger partial charge in [0.1, 0.15) is 16.7 Å². The topological polar surface area (TPSA) is 159 Å². The molecule has 0 fully saturated rings. The van der Waals surface area contributed by atoms with Gasteiger partial charge >= 0.3 is 88.7 Å². The van der Waals surface area contributed by atoms with Crippen molar-refractivity contribution in [3.8, 4) is 0 Å². The maximum Gasteiger partial charge on any atom is 1.00 e. The summed E-state index contributed by atoms with van der Waals surface area (Å²) < 4.78 is 74.3. The number of rotatable bonds is 9. The number of fused-ring (bicyclic) bond motifs is 3. The van der Waals surface area contributed by atoms with Crippen molar-refractivity contribution in [2.24, 2.45) is 0 Å². The molecule has 0 saturated heterocycles. The van der Waals surface area contributed by atoms with Gasteiger partial charge in [0.05, 0.1) is 32.5 Å². The summed E-state index contributed by atoms with van der Waals surface area (Å²) in [5.41, 5.74) is 1.94. The first-order valence-corrected chi connectivity index (χ1v) is 13.3. The van der Waals surface area contributed by atoms with E-state index in [9.17, 15) is 31.2 Å². The summed E-state index contributed by atoms with van der Waals surface area (Å²) in [7, 11) is -9.09. The first-order chi connectivity index (χ1) is 14.8. The van der Waals surface area contributed by atoms with Crippen molar-refractivity contribution in [1.29, 1.82) is 0 Å². The molecule has 0 unspecified atom stereocenters. The molecule has 0 aliphatic carbocycles. The zero-order valence-corrected chi connectivity index (χ0v) is 28.9. The molecule has 1 heterocycles. The van der Waals surface area contributed by atoms with Gasteiger partial charge in [0.2, 0.25) is 5.69 Å². The molecule has 0 N–H and O–H groups in total. The molecule has 1 aliphatic rings. The molecule has 0 spiro atoms. The fourth-order valence-corrected chi connectivity index (χ4v) is 5.75. The summed E-state index contributed by atoms with van der Waals surface area (Å²) >= 11 is 0.502. The smallest absolute Gasteiger partial charge is 0.748 e. The van der Waals surface area contributed by atoms with Gasteiger partial charge < -0.3 is 14.4 Å². The van der Waals surface area contributed by atoms with E-state index in [0.717, 1.165) is 23.0 Å². The number of unbranched alkanes of at least 4 members (excludes halogenated alkanes) is 1. The zero-order valence-electron chi connectivity index (χ0n) is 20.5. The van der Waals surface area contributed by atoms with Gasteiger partial charge in [-0.1, -0.05) is 0 Å². The van der Waals surface area contributed by atoms with Crippen molar-refractivity contribution in [1.82, 2.24) is 0 Å². The van der Waals surface area contributed by atoms with E-state index in [1.807, 2.05) is 31.4 Å². The molecular formula is C19H21NNa3O9S3+. The molecule has 0 aromatic heterocycles. The van der Waals surface area contributed by atoms with Crippen molar-refractivity contribution < 1.29 is 134 Å². The second-order valence-corrected chi connectivity index (χ2v) is 11.6. The van der Waals surface area contributed by atoms with Crippen molar-refractivity contribution in [2.75, 3.05) is 12.3 Å². The molecule has 0 radical (unpaired) electrons. The summed E-state index contributed by atoms with van der Waals surface area (Å²) in [6.07, 6.45) is 0.669. The van der Waals surface area contributed by atoms with E-state index in [1.165, 1.54) is 6.07 Å². The Labute approximate surface area is 275 Å². The Kier molecular flexibility index (Phi) is 14.7. The summed E-state index contributed by atoms with van der Waals surface area (Å²) in [5.74, 6) is -0.444. The molecule has 16 heteroatoms. The second kappa shape index (κ2) is 14.2. The minimum Gasteiger partial charge on any atom is -0.748 e. The van der Waals surface area contributed by atoms with Crippen molar-refractivity contribution in [3.05, 3.63) is 29.8 Å². The first-order valence-electron chi connectivity index (χ1n) is 9.53. The molecular weight excluding hydrogens is 551 g/mol. The van der Waals surface area contributed by atoms with Crippen molar-refractivity contribution in [2.45, 2.75) is 48.8 Å². The molecule has 10 nitrogen and oxygen atoms in total. The summed E-state index contributed by atoms with van der Waals surface area (Å²) in [4.78, 5) is -0.244. The average Bonchev–Trinajstić information content (AvgIpc) is 2.88. The number of hydrogen-bond acceptors (Lipinski definition) is 10. The zero-order chi connectivity index (χ0) is 23.9. The Hall–Kier alpha value is 1.42. The van der Waals surface area contributed by atoms with Crippen LogP contribution in [0.1, 0.15) is 39.2 Å². The van der Waals surface area contributed by atoms with Gasteiger partial charge in [-0.25, -0.2) is 16.8 Å². The van der Waals surface area contributed by atoms with E-state index in [1.54, 1.807) is 6.07 Å². The Morgan fingerprint density at radius 2 is 1.63 bits per heavy atom. The molecule has 2 aromatic rings. The second-order valence-electron chi connectivity index (χ2n) is 7.98. The van der Waals surface area contributed by atoms with Crippen LogP contribution in [0.3, 0.4) is 0 Å². The summed E-state index contributed by atoms with van der Waals surface area (Å²) in [6, 6.07) is 5.98. The van der Waals surface area contributed by atoms with Crippen LogP contribution in [0.5, 0.6) is 0 Å². The fraction of sp³-hybridized carbons (Fsp3) is 0.421.